The second-order valence-corrected chi connectivity index (χ2v) is 8.38. The second-order valence-electron chi connectivity index (χ2n) is 8.38. The first-order chi connectivity index (χ1) is 16.4. The van der Waals surface area contributed by atoms with E-state index in [0.29, 0.717) is 41.2 Å². The molecule has 1 N–H and O–H groups in total. The summed E-state index contributed by atoms with van der Waals surface area (Å²) in [5.74, 6) is 1.73. The fraction of sp³-hybridized carbons (Fsp3) is 0.520. The monoisotopic (exact) mass is 468 g/mol. The zero-order valence-electron chi connectivity index (χ0n) is 21.0. The molecule has 2 atom stereocenters. The van der Waals surface area contributed by atoms with Crippen molar-refractivity contribution in [1.29, 1.82) is 0 Å². The fourth-order valence-corrected chi connectivity index (χ4v) is 4.84. The molecule has 0 bridgehead atoms. The number of carbonyl (C=O) groups is 1. The molecule has 1 aliphatic heterocycles. The van der Waals surface area contributed by atoms with Gasteiger partial charge in [-0.25, -0.2) is 4.98 Å². The largest absolute Gasteiger partial charge is 0.480 e. The Kier molecular flexibility index (Phi) is 7.96. The number of nitrogens with zero attached hydrogens (tertiary/aromatic N) is 5. The maximum Gasteiger partial charge on any atom is 0.276 e. The number of likely N-dealkylation sites (tertiary alicyclic amines) is 1. The van der Waals surface area contributed by atoms with Crippen LogP contribution in [0.2, 0.25) is 0 Å². The maximum absolute atomic E-state index is 13.3. The van der Waals surface area contributed by atoms with Crippen LogP contribution in [0.4, 0.5) is 5.69 Å². The number of fused-ring (bicyclic) bond motifs is 2. The van der Waals surface area contributed by atoms with Gasteiger partial charge in [0.15, 0.2) is 0 Å². The van der Waals surface area contributed by atoms with Crippen molar-refractivity contribution in [3.05, 3.63) is 47.3 Å². The van der Waals surface area contributed by atoms with Gasteiger partial charge >= 0.3 is 0 Å². The summed E-state index contributed by atoms with van der Waals surface area (Å²) >= 11 is 0. The lowest BCUT2D eigenvalue weighted by atomic mass is 10.2. The molecule has 4 rings (SSSR count). The third kappa shape index (κ3) is 4.64. The third-order valence-corrected chi connectivity index (χ3v) is 6.51. The summed E-state index contributed by atoms with van der Waals surface area (Å²) in [4.78, 5) is 35.6. The van der Waals surface area contributed by atoms with Crippen molar-refractivity contribution in [1.82, 2.24) is 19.0 Å². The highest BCUT2D eigenvalue weighted by Crippen LogP contribution is 2.52. The number of methoxy groups -OCH3 is 1. The zero-order valence-corrected chi connectivity index (χ0v) is 21.0. The Morgan fingerprint density at radius 1 is 1.35 bits per heavy atom. The molecule has 0 spiro atoms. The highest BCUT2D eigenvalue weighted by atomic mass is 16.5. The SMILES string of the molecule is C=CC(=O)N1CC2C(C1)C2Cn1cc(N/C(=C/CC)C(=NC)OC)c2ncn(C)c2c1=O.CC. The molecule has 9 nitrogen and oxygen atoms in total. The lowest BCUT2D eigenvalue weighted by Gasteiger charge is -2.19. The highest BCUT2D eigenvalue weighted by molar-refractivity contribution is 5.99. The molecule has 0 aromatic carbocycles. The van der Waals surface area contributed by atoms with Crippen LogP contribution in [0.15, 0.2) is 46.7 Å². The predicted octanol–water partition coefficient (Wildman–Crippen LogP) is 3.03. The number of allylic oxidation sites excluding steroid dienone is 1. The summed E-state index contributed by atoms with van der Waals surface area (Å²) in [6.07, 6.45) is 7.65. The molecule has 2 aromatic rings. The van der Waals surface area contributed by atoms with E-state index in [1.807, 2.05) is 45.0 Å². The van der Waals surface area contributed by atoms with Gasteiger partial charge in [-0.05, 0) is 30.3 Å². The summed E-state index contributed by atoms with van der Waals surface area (Å²) in [5.41, 5.74) is 2.56. The number of aliphatic imine (C=N–C) groups is 1. The molecule has 34 heavy (non-hydrogen) atoms. The van der Waals surface area contributed by atoms with Crippen molar-refractivity contribution in [3.8, 4) is 0 Å². The minimum atomic E-state index is -0.0632. The quantitative estimate of drug-likeness (QED) is 0.383. The van der Waals surface area contributed by atoms with Crippen LogP contribution in [0.25, 0.3) is 11.0 Å². The Morgan fingerprint density at radius 3 is 2.59 bits per heavy atom. The van der Waals surface area contributed by atoms with Gasteiger partial charge in [-0.1, -0.05) is 33.4 Å². The average molecular weight is 469 g/mol. The van der Waals surface area contributed by atoms with Crippen LogP contribution < -0.4 is 10.9 Å². The number of aryl methyl sites for hydroxylation is 1. The van der Waals surface area contributed by atoms with E-state index in [9.17, 15) is 9.59 Å². The number of hydrogen-bond acceptors (Lipinski definition) is 6. The van der Waals surface area contributed by atoms with Gasteiger partial charge in [-0.15, -0.1) is 0 Å². The summed E-state index contributed by atoms with van der Waals surface area (Å²) in [6, 6.07) is 0. The van der Waals surface area contributed by atoms with Crippen molar-refractivity contribution >= 4 is 28.5 Å². The Hall–Kier alpha value is -3.36. The van der Waals surface area contributed by atoms with Gasteiger partial charge < -0.3 is 24.1 Å². The molecule has 9 heteroatoms. The van der Waals surface area contributed by atoms with Gasteiger partial charge in [0, 0.05) is 39.9 Å². The lowest BCUT2D eigenvalue weighted by Crippen LogP contribution is -2.31. The van der Waals surface area contributed by atoms with Gasteiger partial charge in [0.1, 0.15) is 11.0 Å². The van der Waals surface area contributed by atoms with E-state index in [1.54, 1.807) is 29.6 Å². The van der Waals surface area contributed by atoms with Crippen molar-refractivity contribution in [2.45, 2.75) is 33.7 Å². The normalized spacial score (nSPS) is 21.6. The van der Waals surface area contributed by atoms with Crippen LogP contribution in [-0.2, 0) is 23.1 Å². The van der Waals surface area contributed by atoms with Crippen LogP contribution in [0.3, 0.4) is 0 Å². The number of hydrogen-bond donors (Lipinski definition) is 1. The average Bonchev–Trinajstić information content (AvgIpc) is 3.17. The summed E-state index contributed by atoms with van der Waals surface area (Å²) in [5, 5.41) is 3.39. The van der Waals surface area contributed by atoms with Gasteiger partial charge in [0.2, 0.25) is 11.8 Å². The Morgan fingerprint density at radius 2 is 2.03 bits per heavy atom. The molecular formula is C25H36N6O3. The van der Waals surface area contributed by atoms with E-state index in [1.165, 1.54) is 6.08 Å². The molecule has 0 radical (unpaired) electrons. The standard InChI is InChI=1S/C23H30N6O3.C2H6/c1-6-8-17(22(24-3)32-5)26-18-12-29(23(31)21-20(18)25-13-27(21)4)11-16-14-9-28(10-15(14)16)19(30)7-2;1-2/h7-8,12-16,26H,2,6,9-11H2,1,3-5H3;1-2H3/b17-8+,24-22?;. The smallest absolute Gasteiger partial charge is 0.276 e. The maximum atomic E-state index is 13.3. The van der Waals surface area contributed by atoms with Crippen molar-refractivity contribution in [2.24, 2.45) is 29.8 Å². The first kappa shape index (κ1) is 25.3. The number of amides is 1. The Balaban J connectivity index is 0.00000158. The van der Waals surface area contributed by atoms with Gasteiger partial charge in [0.05, 0.1) is 24.8 Å². The number of aromatic nitrogens is 3. The van der Waals surface area contributed by atoms with Gasteiger partial charge in [0.25, 0.3) is 5.56 Å². The zero-order chi connectivity index (χ0) is 25.0. The molecule has 1 saturated heterocycles. The van der Waals surface area contributed by atoms with Gasteiger partial charge in [-0.2, -0.15) is 0 Å². The lowest BCUT2D eigenvalue weighted by molar-refractivity contribution is -0.125. The predicted molar refractivity (Wildman–Crippen MR) is 136 cm³/mol. The van der Waals surface area contributed by atoms with Crippen molar-refractivity contribution in [2.75, 3.05) is 32.6 Å². The second kappa shape index (κ2) is 10.7. The van der Waals surface area contributed by atoms with E-state index < -0.39 is 0 Å². The molecule has 184 valence electrons. The number of rotatable bonds is 7. The Labute approximate surface area is 200 Å². The molecule has 2 fully saturated rings. The topological polar surface area (TPSA) is 93.8 Å². The number of imidazole rings is 1. The van der Waals surface area contributed by atoms with E-state index in [4.69, 9.17) is 4.74 Å². The fourth-order valence-electron chi connectivity index (χ4n) is 4.84. The van der Waals surface area contributed by atoms with Crippen LogP contribution >= 0.6 is 0 Å². The number of pyridine rings is 1. The minimum absolute atomic E-state index is 0.0160. The van der Waals surface area contributed by atoms with Crippen LogP contribution in [0, 0.1) is 17.8 Å². The number of anilines is 1. The first-order valence-electron chi connectivity index (χ1n) is 11.9. The summed E-state index contributed by atoms with van der Waals surface area (Å²) in [6.45, 7) is 11.7. The molecule has 1 saturated carbocycles. The molecule has 2 aromatic heterocycles. The highest BCUT2D eigenvalue weighted by Gasteiger charge is 2.56. The van der Waals surface area contributed by atoms with Crippen molar-refractivity contribution < 1.29 is 9.53 Å². The van der Waals surface area contributed by atoms with Crippen LogP contribution in [0.1, 0.15) is 27.2 Å². The molecule has 1 amide bonds. The van der Waals surface area contributed by atoms with Crippen LogP contribution in [0.5, 0.6) is 0 Å². The third-order valence-electron chi connectivity index (χ3n) is 6.51. The number of ether oxygens (including phenoxy) is 1. The Bertz CT molecular complexity index is 1160. The summed E-state index contributed by atoms with van der Waals surface area (Å²) in [7, 11) is 5.08. The number of piperidine rings is 1. The van der Waals surface area contributed by atoms with E-state index >= 15 is 0 Å². The van der Waals surface area contributed by atoms with E-state index in [-0.39, 0.29) is 11.5 Å². The molecule has 2 unspecified atom stereocenters. The molecular weight excluding hydrogens is 432 g/mol. The van der Waals surface area contributed by atoms with E-state index in [0.717, 1.165) is 30.9 Å². The number of carbonyl (C=O) groups excluding carboxylic acids is 1. The van der Waals surface area contributed by atoms with Gasteiger partial charge in [-0.3, -0.25) is 14.6 Å². The van der Waals surface area contributed by atoms with Crippen LogP contribution in [-0.4, -0.2) is 58.1 Å². The molecule has 1 aliphatic carbocycles. The minimum Gasteiger partial charge on any atom is -0.480 e. The number of nitrogens with one attached hydrogen (secondary N) is 1. The first-order valence-corrected chi connectivity index (χ1v) is 11.9. The van der Waals surface area contributed by atoms with E-state index in [2.05, 4.69) is 21.9 Å². The molecule has 3 heterocycles. The summed E-state index contributed by atoms with van der Waals surface area (Å²) < 4.78 is 8.93. The molecule has 2 aliphatic rings. The van der Waals surface area contributed by atoms with Crippen molar-refractivity contribution in [3.63, 3.8) is 0 Å².